The molecule has 0 saturated carbocycles. The molecule has 0 radical (unpaired) electrons. The van der Waals surface area contributed by atoms with Crippen molar-refractivity contribution in [3.63, 3.8) is 0 Å². The molecule has 0 atom stereocenters. The van der Waals surface area contributed by atoms with Crippen LogP contribution in [0.3, 0.4) is 0 Å². The molecule has 0 fully saturated rings. The first-order valence-corrected chi connectivity index (χ1v) is 11.4. The summed E-state index contributed by atoms with van der Waals surface area (Å²) in [6.07, 6.45) is 0. The molecule has 0 heterocycles. The highest BCUT2D eigenvalue weighted by Gasteiger charge is 2.24. The van der Waals surface area contributed by atoms with Crippen LogP contribution in [0.2, 0.25) is 5.02 Å². The van der Waals surface area contributed by atoms with Crippen molar-refractivity contribution in [2.75, 3.05) is 24.5 Å². The van der Waals surface area contributed by atoms with Gasteiger partial charge in [-0.3, -0.25) is 9.10 Å². The molecule has 1 amide bonds. The van der Waals surface area contributed by atoms with Gasteiger partial charge in [0.15, 0.2) is 0 Å². The number of benzene rings is 3. The molecule has 31 heavy (non-hydrogen) atoms. The van der Waals surface area contributed by atoms with Crippen molar-refractivity contribution in [2.24, 2.45) is 0 Å². The summed E-state index contributed by atoms with van der Waals surface area (Å²) in [5.41, 5.74) is 1.49. The zero-order valence-corrected chi connectivity index (χ0v) is 18.8. The smallest absolute Gasteiger partial charge is 0.264 e. The number of hydrogen-bond acceptors (Lipinski definition) is 4. The van der Waals surface area contributed by atoms with Crippen LogP contribution in [0.1, 0.15) is 15.9 Å². The van der Waals surface area contributed by atoms with Crippen molar-refractivity contribution in [3.05, 3.63) is 88.9 Å². The van der Waals surface area contributed by atoms with Crippen molar-refractivity contribution in [1.29, 1.82) is 0 Å². The van der Waals surface area contributed by atoms with E-state index in [4.69, 9.17) is 16.3 Å². The Labute approximate surface area is 187 Å². The van der Waals surface area contributed by atoms with Gasteiger partial charge < -0.3 is 10.1 Å². The first-order chi connectivity index (χ1) is 14.8. The molecule has 162 valence electrons. The number of para-hydroxylation sites is 2. The lowest BCUT2D eigenvalue weighted by Crippen LogP contribution is -2.32. The Morgan fingerprint density at radius 1 is 1.00 bits per heavy atom. The zero-order valence-electron chi connectivity index (χ0n) is 17.2. The molecule has 3 aromatic rings. The Morgan fingerprint density at radius 3 is 2.35 bits per heavy atom. The van der Waals surface area contributed by atoms with Crippen LogP contribution >= 0.6 is 11.6 Å². The number of rotatable bonds is 8. The van der Waals surface area contributed by atoms with Gasteiger partial charge >= 0.3 is 0 Å². The van der Waals surface area contributed by atoms with Gasteiger partial charge in [0.1, 0.15) is 12.4 Å². The Hall–Kier alpha value is -3.03. The number of sulfonamides is 1. The van der Waals surface area contributed by atoms with Gasteiger partial charge in [-0.2, -0.15) is 0 Å². The summed E-state index contributed by atoms with van der Waals surface area (Å²) >= 11 is 6.04. The minimum atomic E-state index is -3.82. The fourth-order valence-corrected chi connectivity index (χ4v) is 4.33. The van der Waals surface area contributed by atoms with Crippen molar-refractivity contribution in [3.8, 4) is 5.75 Å². The van der Waals surface area contributed by atoms with Gasteiger partial charge in [0.05, 0.1) is 27.7 Å². The summed E-state index contributed by atoms with van der Waals surface area (Å²) in [7, 11) is -2.38. The van der Waals surface area contributed by atoms with E-state index in [0.717, 1.165) is 9.87 Å². The van der Waals surface area contributed by atoms with Gasteiger partial charge in [0, 0.05) is 7.05 Å². The van der Waals surface area contributed by atoms with Crippen LogP contribution in [0.25, 0.3) is 0 Å². The average Bonchev–Trinajstić information content (AvgIpc) is 2.77. The summed E-state index contributed by atoms with van der Waals surface area (Å²) in [6.45, 7) is 2.33. The minimum Gasteiger partial charge on any atom is -0.490 e. The molecule has 1 N–H and O–H groups in total. The summed E-state index contributed by atoms with van der Waals surface area (Å²) < 4.78 is 32.7. The first kappa shape index (κ1) is 22.7. The maximum absolute atomic E-state index is 13.0. The summed E-state index contributed by atoms with van der Waals surface area (Å²) in [4.78, 5) is 12.9. The molecule has 3 aromatic carbocycles. The van der Waals surface area contributed by atoms with Crippen molar-refractivity contribution in [1.82, 2.24) is 5.32 Å². The number of nitrogens with zero attached hydrogens (tertiary/aromatic N) is 1. The minimum absolute atomic E-state index is 0.156. The van der Waals surface area contributed by atoms with Crippen molar-refractivity contribution < 1.29 is 17.9 Å². The van der Waals surface area contributed by atoms with E-state index in [0.29, 0.717) is 10.8 Å². The topological polar surface area (TPSA) is 75.7 Å². The van der Waals surface area contributed by atoms with Crippen LogP contribution in [0.4, 0.5) is 5.69 Å². The lowest BCUT2D eigenvalue weighted by atomic mass is 10.1. The molecule has 0 saturated heterocycles. The number of carbonyl (C=O) groups is 1. The van der Waals surface area contributed by atoms with Crippen LogP contribution in [-0.2, 0) is 10.0 Å². The summed E-state index contributed by atoms with van der Waals surface area (Å²) in [6, 6.07) is 20.2. The number of hydrogen-bond donors (Lipinski definition) is 1. The highest BCUT2D eigenvalue weighted by molar-refractivity contribution is 7.92. The Bertz CT molecular complexity index is 1160. The third-order valence-corrected chi connectivity index (χ3v) is 6.75. The molecule has 0 aliphatic carbocycles. The third kappa shape index (κ3) is 5.37. The molecule has 6 nitrogen and oxygen atoms in total. The van der Waals surface area contributed by atoms with Crippen LogP contribution < -0.4 is 14.4 Å². The van der Waals surface area contributed by atoms with Gasteiger partial charge in [-0.1, -0.05) is 53.6 Å². The normalized spacial score (nSPS) is 11.1. The lowest BCUT2D eigenvalue weighted by molar-refractivity contribution is 0.0947. The zero-order chi connectivity index (χ0) is 22.4. The second-order valence-electron chi connectivity index (χ2n) is 6.84. The van der Waals surface area contributed by atoms with Crippen LogP contribution in [0.5, 0.6) is 5.75 Å². The van der Waals surface area contributed by atoms with Gasteiger partial charge in [0.2, 0.25) is 0 Å². The number of amides is 1. The quantitative estimate of drug-likeness (QED) is 0.511. The molecule has 3 rings (SSSR count). The highest BCUT2D eigenvalue weighted by Crippen LogP contribution is 2.26. The number of aryl methyl sites for hydroxylation is 1. The van der Waals surface area contributed by atoms with Crippen LogP contribution in [-0.4, -0.2) is 34.5 Å². The van der Waals surface area contributed by atoms with Gasteiger partial charge in [-0.05, 0) is 43.3 Å². The fraction of sp³-hybridized carbons (Fsp3) is 0.174. The molecular formula is C23H23ClN2O4S. The number of anilines is 1. The number of nitrogens with one attached hydrogen (secondary N) is 1. The largest absolute Gasteiger partial charge is 0.490 e. The van der Waals surface area contributed by atoms with E-state index < -0.39 is 15.9 Å². The Balaban J connectivity index is 1.71. The number of ether oxygens (including phenoxy) is 1. The van der Waals surface area contributed by atoms with Crippen molar-refractivity contribution in [2.45, 2.75) is 11.8 Å². The van der Waals surface area contributed by atoms with E-state index in [2.05, 4.69) is 5.32 Å². The molecule has 0 aliphatic heterocycles. The molecule has 0 bridgehead atoms. The Morgan fingerprint density at radius 2 is 1.65 bits per heavy atom. The molecule has 0 aromatic heterocycles. The molecular weight excluding hydrogens is 436 g/mol. The van der Waals surface area contributed by atoms with E-state index in [-0.39, 0.29) is 29.3 Å². The average molecular weight is 459 g/mol. The molecule has 8 heteroatoms. The van der Waals surface area contributed by atoms with Gasteiger partial charge in [-0.15, -0.1) is 0 Å². The predicted molar refractivity (Wildman–Crippen MR) is 122 cm³/mol. The van der Waals surface area contributed by atoms with E-state index >= 15 is 0 Å². The van der Waals surface area contributed by atoms with E-state index in [1.807, 2.05) is 6.92 Å². The highest BCUT2D eigenvalue weighted by atomic mass is 35.5. The van der Waals surface area contributed by atoms with Crippen LogP contribution in [0.15, 0.2) is 77.7 Å². The standard InChI is InChI=1S/C23H23ClN2O4S/c1-17-11-13-18(14-12-17)31(28,29)26(2)21-9-5-3-7-19(21)23(27)25-15-16-30-22-10-6-4-8-20(22)24/h3-14H,15-16H2,1-2H3,(H,25,27). The Kier molecular flexibility index (Phi) is 7.20. The number of carbonyl (C=O) groups excluding carboxylic acids is 1. The SMILES string of the molecule is Cc1ccc(S(=O)(=O)N(C)c2ccccc2C(=O)NCCOc2ccccc2Cl)cc1. The molecule has 0 aliphatic rings. The monoisotopic (exact) mass is 458 g/mol. The second kappa shape index (κ2) is 9.85. The maximum atomic E-state index is 13.0. The third-order valence-electron chi connectivity index (χ3n) is 4.65. The lowest BCUT2D eigenvalue weighted by Gasteiger charge is -2.22. The maximum Gasteiger partial charge on any atom is 0.264 e. The van der Waals surface area contributed by atoms with E-state index in [9.17, 15) is 13.2 Å². The molecule has 0 spiro atoms. The fourth-order valence-electron chi connectivity index (χ4n) is 2.92. The second-order valence-corrected chi connectivity index (χ2v) is 9.21. The molecule has 0 unspecified atom stereocenters. The first-order valence-electron chi connectivity index (χ1n) is 9.61. The summed E-state index contributed by atoms with van der Waals surface area (Å²) in [5, 5.41) is 3.24. The van der Waals surface area contributed by atoms with Gasteiger partial charge in [-0.25, -0.2) is 8.42 Å². The van der Waals surface area contributed by atoms with Gasteiger partial charge in [0.25, 0.3) is 15.9 Å². The number of halogens is 1. The van der Waals surface area contributed by atoms with Crippen LogP contribution in [0, 0.1) is 6.92 Å². The van der Waals surface area contributed by atoms with Crippen molar-refractivity contribution >= 4 is 33.2 Å². The van der Waals surface area contributed by atoms with E-state index in [1.165, 1.54) is 7.05 Å². The van der Waals surface area contributed by atoms with E-state index in [1.54, 1.807) is 72.8 Å². The predicted octanol–water partition coefficient (Wildman–Crippen LogP) is 4.28. The summed E-state index contributed by atoms with van der Waals surface area (Å²) in [5.74, 6) is 0.132.